The van der Waals surface area contributed by atoms with E-state index in [1.54, 1.807) is 42.5 Å². The van der Waals surface area contributed by atoms with Crippen LogP contribution in [0.4, 0.5) is 4.39 Å². The van der Waals surface area contributed by atoms with Gasteiger partial charge in [-0.3, -0.25) is 14.7 Å². The van der Waals surface area contributed by atoms with E-state index in [1.165, 1.54) is 18.2 Å². The molecule has 0 spiro atoms. The molecule has 3 aromatic rings. The standard InChI is InChI=1S/C18H15FN4O2/c19-13-8-6-11(7-9-13)14-10-15(23-22-14)18(25)21-16(17(20)24)12-4-2-1-3-5-12/h1-10,16H,(H2,20,24)(H,21,25)(H,22,23)/t16-/m1/s1. The highest BCUT2D eigenvalue weighted by atomic mass is 19.1. The van der Waals surface area contributed by atoms with Crippen LogP contribution in [-0.4, -0.2) is 22.0 Å². The fraction of sp³-hybridized carbons (Fsp3) is 0.0556. The molecule has 4 N–H and O–H groups in total. The predicted octanol–water partition coefficient (Wildman–Crippen LogP) is 2.17. The number of carbonyl (C=O) groups is 2. The molecule has 0 aliphatic rings. The summed E-state index contributed by atoms with van der Waals surface area (Å²) in [5.74, 6) is -1.55. The van der Waals surface area contributed by atoms with Crippen molar-refractivity contribution in [2.75, 3.05) is 0 Å². The molecule has 3 rings (SSSR count). The molecular weight excluding hydrogens is 323 g/mol. The van der Waals surface area contributed by atoms with E-state index in [4.69, 9.17) is 5.73 Å². The minimum Gasteiger partial charge on any atom is -0.368 e. The number of rotatable bonds is 5. The Hall–Kier alpha value is -3.48. The molecule has 126 valence electrons. The number of aromatic nitrogens is 2. The molecule has 0 bridgehead atoms. The van der Waals surface area contributed by atoms with Gasteiger partial charge in [0.2, 0.25) is 5.91 Å². The van der Waals surface area contributed by atoms with Gasteiger partial charge in [0, 0.05) is 5.56 Å². The lowest BCUT2D eigenvalue weighted by atomic mass is 10.1. The van der Waals surface area contributed by atoms with Gasteiger partial charge in [-0.1, -0.05) is 30.3 Å². The second-order valence-electron chi connectivity index (χ2n) is 5.39. The number of amides is 2. The van der Waals surface area contributed by atoms with Crippen molar-refractivity contribution in [3.8, 4) is 11.3 Å². The molecule has 0 saturated heterocycles. The van der Waals surface area contributed by atoms with Crippen LogP contribution < -0.4 is 11.1 Å². The van der Waals surface area contributed by atoms with Crippen molar-refractivity contribution in [1.82, 2.24) is 15.5 Å². The Kier molecular flexibility index (Phi) is 4.56. The van der Waals surface area contributed by atoms with E-state index in [0.717, 1.165) is 0 Å². The van der Waals surface area contributed by atoms with Crippen LogP contribution in [-0.2, 0) is 4.79 Å². The maximum atomic E-state index is 13.0. The van der Waals surface area contributed by atoms with E-state index >= 15 is 0 Å². The summed E-state index contributed by atoms with van der Waals surface area (Å²) >= 11 is 0. The van der Waals surface area contributed by atoms with Gasteiger partial charge in [-0.25, -0.2) is 4.39 Å². The molecule has 0 radical (unpaired) electrons. The summed E-state index contributed by atoms with van der Waals surface area (Å²) in [6.45, 7) is 0. The molecule has 25 heavy (non-hydrogen) atoms. The zero-order chi connectivity index (χ0) is 17.8. The second kappa shape index (κ2) is 6.96. The molecule has 0 saturated carbocycles. The van der Waals surface area contributed by atoms with Crippen LogP contribution in [0.2, 0.25) is 0 Å². The van der Waals surface area contributed by atoms with E-state index < -0.39 is 17.9 Å². The van der Waals surface area contributed by atoms with Crippen LogP contribution in [0.5, 0.6) is 0 Å². The van der Waals surface area contributed by atoms with Gasteiger partial charge in [0.05, 0.1) is 5.69 Å². The summed E-state index contributed by atoms with van der Waals surface area (Å²) in [6.07, 6.45) is 0. The largest absolute Gasteiger partial charge is 0.368 e. The first-order valence-electron chi connectivity index (χ1n) is 7.51. The lowest BCUT2D eigenvalue weighted by Gasteiger charge is -2.15. The van der Waals surface area contributed by atoms with Crippen molar-refractivity contribution in [2.45, 2.75) is 6.04 Å². The SMILES string of the molecule is NC(=O)[C@H](NC(=O)c1cc(-c2ccc(F)cc2)n[nH]1)c1ccccc1. The number of hydrogen-bond acceptors (Lipinski definition) is 3. The summed E-state index contributed by atoms with van der Waals surface area (Å²) in [6, 6.07) is 15.0. The third kappa shape index (κ3) is 3.72. The highest BCUT2D eigenvalue weighted by molar-refractivity contribution is 5.96. The van der Waals surface area contributed by atoms with E-state index in [9.17, 15) is 14.0 Å². The topological polar surface area (TPSA) is 101 Å². The lowest BCUT2D eigenvalue weighted by molar-refractivity contribution is -0.120. The van der Waals surface area contributed by atoms with Crippen LogP contribution in [0, 0.1) is 5.82 Å². The predicted molar refractivity (Wildman–Crippen MR) is 89.8 cm³/mol. The number of nitrogens with zero attached hydrogens (tertiary/aromatic N) is 1. The first kappa shape index (κ1) is 16.4. The molecule has 0 aliphatic heterocycles. The second-order valence-corrected chi connectivity index (χ2v) is 5.39. The van der Waals surface area contributed by atoms with Gasteiger partial charge in [0.25, 0.3) is 5.91 Å². The van der Waals surface area contributed by atoms with E-state index in [0.29, 0.717) is 16.8 Å². The third-order valence-electron chi connectivity index (χ3n) is 3.66. The molecule has 2 amide bonds. The molecule has 6 nitrogen and oxygen atoms in total. The highest BCUT2D eigenvalue weighted by Crippen LogP contribution is 2.19. The summed E-state index contributed by atoms with van der Waals surface area (Å²) in [5.41, 5.74) is 7.29. The van der Waals surface area contributed by atoms with Gasteiger partial charge >= 0.3 is 0 Å². The number of halogens is 1. The zero-order valence-electron chi connectivity index (χ0n) is 13.1. The van der Waals surface area contributed by atoms with Crippen LogP contribution in [0.1, 0.15) is 22.1 Å². The van der Waals surface area contributed by atoms with E-state index in [2.05, 4.69) is 15.5 Å². The first-order chi connectivity index (χ1) is 12.0. The van der Waals surface area contributed by atoms with Gasteiger partial charge in [-0.05, 0) is 35.9 Å². The number of H-pyrrole nitrogens is 1. The number of primary amides is 1. The van der Waals surface area contributed by atoms with E-state index in [-0.39, 0.29) is 11.5 Å². The Morgan fingerprint density at radius 1 is 1.08 bits per heavy atom. The molecular formula is C18H15FN4O2. The minimum atomic E-state index is -0.953. The first-order valence-corrected chi connectivity index (χ1v) is 7.51. The average Bonchev–Trinajstić information content (AvgIpc) is 3.11. The van der Waals surface area contributed by atoms with Crippen LogP contribution in [0.25, 0.3) is 11.3 Å². The van der Waals surface area contributed by atoms with E-state index in [1.807, 2.05) is 0 Å². The molecule has 7 heteroatoms. The number of nitrogens with one attached hydrogen (secondary N) is 2. The Labute approximate surface area is 142 Å². The minimum absolute atomic E-state index is 0.168. The van der Waals surface area contributed by atoms with Crippen LogP contribution in [0.15, 0.2) is 60.7 Å². The monoisotopic (exact) mass is 338 g/mol. The van der Waals surface area contributed by atoms with Crippen molar-refractivity contribution in [3.05, 3.63) is 77.7 Å². The lowest BCUT2D eigenvalue weighted by Crippen LogP contribution is -2.37. The van der Waals surface area contributed by atoms with Crippen molar-refractivity contribution >= 4 is 11.8 Å². The third-order valence-corrected chi connectivity index (χ3v) is 3.66. The zero-order valence-corrected chi connectivity index (χ0v) is 13.1. The molecule has 0 aliphatic carbocycles. The molecule has 1 atom stereocenters. The molecule has 0 unspecified atom stereocenters. The van der Waals surface area contributed by atoms with Gasteiger partial charge in [-0.2, -0.15) is 5.10 Å². The van der Waals surface area contributed by atoms with Crippen LogP contribution in [0.3, 0.4) is 0 Å². The summed E-state index contributed by atoms with van der Waals surface area (Å²) in [7, 11) is 0. The number of aromatic amines is 1. The fourth-order valence-corrected chi connectivity index (χ4v) is 2.38. The van der Waals surface area contributed by atoms with Gasteiger partial charge in [0.15, 0.2) is 0 Å². The fourth-order valence-electron chi connectivity index (χ4n) is 2.38. The molecule has 1 aromatic heterocycles. The smallest absolute Gasteiger partial charge is 0.270 e. The summed E-state index contributed by atoms with van der Waals surface area (Å²) < 4.78 is 13.0. The van der Waals surface area contributed by atoms with Gasteiger partial charge < -0.3 is 11.1 Å². The number of carbonyl (C=O) groups excluding carboxylic acids is 2. The average molecular weight is 338 g/mol. The Bertz CT molecular complexity index is 891. The number of benzene rings is 2. The maximum Gasteiger partial charge on any atom is 0.270 e. The molecule has 2 aromatic carbocycles. The van der Waals surface area contributed by atoms with Crippen LogP contribution >= 0.6 is 0 Å². The summed E-state index contributed by atoms with van der Waals surface area (Å²) in [5, 5.41) is 9.22. The van der Waals surface area contributed by atoms with Gasteiger partial charge in [0.1, 0.15) is 17.6 Å². The normalized spacial score (nSPS) is 11.7. The Balaban J connectivity index is 1.79. The number of nitrogens with two attached hydrogens (primary N) is 1. The molecule has 0 fully saturated rings. The van der Waals surface area contributed by atoms with Crippen molar-refractivity contribution < 1.29 is 14.0 Å². The summed E-state index contributed by atoms with van der Waals surface area (Å²) in [4.78, 5) is 24.1. The van der Waals surface area contributed by atoms with Crippen molar-refractivity contribution in [2.24, 2.45) is 5.73 Å². The number of hydrogen-bond donors (Lipinski definition) is 3. The molecule has 1 heterocycles. The Morgan fingerprint density at radius 2 is 1.76 bits per heavy atom. The Morgan fingerprint density at radius 3 is 2.40 bits per heavy atom. The van der Waals surface area contributed by atoms with Gasteiger partial charge in [-0.15, -0.1) is 0 Å². The van der Waals surface area contributed by atoms with Crippen molar-refractivity contribution in [1.29, 1.82) is 0 Å². The highest BCUT2D eigenvalue weighted by Gasteiger charge is 2.22. The maximum absolute atomic E-state index is 13.0. The van der Waals surface area contributed by atoms with Crippen molar-refractivity contribution in [3.63, 3.8) is 0 Å². The quantitative estimate of drug-likeness (QED) is 0.664.